The van der Waals surface area contributed by atoms with Gasteiger partial charge in [0.25, 0.3) is 0 Å². The van der Waals surface area contributed by atoms with E-state index in [1.807, 2.05) is 19.2 Å². The van der Waals surface area contributed by atoms with Crippen LogP contribution in [0.1, 0.15) is 43.4 Å². The van der Waals surface area contributed by atoms with Crippen LogP contribution in [0.3, 0.4) is 0 Å². The second-order valence-electron chi connectivity index (χ2n) is 4.60. The third-order valence-electron chi connectivity index (χ3n) is 3.46. The van der Waals surface area contributed by atoms with Crippen LogP contribution in [0.2, 0.25) is 0 Å². The van der Waals surface area contributed by atoms with Crippen LogP contribution in [0.15, 0.2) is 18.3 Å². The Labute approximate surface area is 103 Å². The van der Waals surface area contributed by atoms with Crippen molar-refractivity contribution >= 4 is 0 Å². The van der Waals surface area contributed by atoms with E-state index in [-0.39, 0.29) is 12.0 Å². The molecule has 94 valence electrons. The monoisotopic (exact) mass is 235 g/mol. The standard InChI is InChI=1S/C14H21NO2/c1-2-17-10-4-6-13(16)12-8-7-11-5-3-9-15-14(11)12/h3,5,9,12-13,16H,2,4,6-8,10H2,1H3. The average molecular weight is 235 g/mol. The van der Waals surface area contributed by atoms with Crippen LogP contribution in [-0.4, -0.2) is 29.4 Å². The summed E-state index contributed by atoms with van der Waals surface area (Å²) in [5, 5.41) is 10.2. The zero-order valence-electron chi connectivity index (χ0n) is 10.4. The van der Waals surface area contributed by atoms with Crippen LogP contribution in [0.25, 0.3) is 0 Å². The molecule has 0 amide bonds. The molecule has 0 spiro atoms. The number of fused-ring (bicyclic) bond motifs is 1. The summed E-state index contributed by atoms with van der Waals surface area (Å²) < 4.78 is 5.29. The molecule has 2 rings (SSSR count). The Balaban J connectivity index is 1.87. The van der Waals surface area contributed by atoms with E-state index in [2.05, 4.69) is 11.1 Å². The van der Waals surface area contributed by atoms with E-state index in [9.17, 15) is 5.11 Å². The second kappa shape index (κ2) is 6.12. The molecule has 1 aromatic heterocycles. The van der Waals surface area contributed by atoms with E-state index < -0.39 is 0 Å². The smallest absolute Gasteiger partial charge is 0.0624 e. The molecule has 1 aliphatic rings. The topological polar surface area (TPSA) is 42.4 Å². The molecular weight excluding hydrogens is 214 g/mol. The molecule has 1 heterocycles. The van der Waals surface area contributed by atoms with Crippen molar-refractivity contribution in [3.8, 4) is 0 Å². The fraction of sp³-hybridized carbons (Fsp3) is 0.643. The van der Waals surface area contributed by atoms with Crippen molar-refractivity contribution in [2.24, 2.45) is 0 Å². The first-order valence-corrected chi connectivity index (χ1v) is 6.52. The number of aromatic nitrogens is 1. The second-order valence-corrected chi connectivity index (χ2v) is 4.60. The average Bonchev–Trinajstić information content (AvgIpc) is 2.78. The molecule has 2 unspecified atom stereocenters. The Bertz CT molecular complexity index is 354. The van der Waals surface area contributed by atoms with Crippen LogP contribution >= 0.6 is 0 Å². The molecule has 17 heavy (non-hydrogen) atoms. The number of hydrogen-bond acceptors (Lipinski definition) is 3. The number of rotatable bonds is 6. The Morgan fingerprint density at radius 2 is 2.47 bits per heavy atom. The number of hydrogen-bond donors (Lipinski definition) is 1. The molecule has 0 bridgehead atoms. The van der Waals surface area contributed by atoms with Gasteiger partial charge in [-0.3, -0.25) is 4.98 Å². The quantitative estimate of drug-likeness (QED) is 0.769. The zero-order chi connectivity index (χ0) is 12.1. The predicted molar refractivity (Wildman–Crippen MR) is 67.0 cm³/mol. The summed E-state index contributed by atoms with van der Waals surface area (Å²) in [7, 11) is 0. The zero-order valence-corrected chi connectivity index (χ0v) is 10.4. The van der Waals surface area contributed by atoms with Crippen molar-refractivity contribution in [2.75, 3.05) is 13.2 Å². The molecular formula is C14H21NO2. The van der Waals surface area contributed by atoms with Gasteiger partial charge in [-0.25, -0.2) is 0 Å². The van der Waals surface area contributed by atoms with Gasteiger partial charge < -0.3 is 9.84 Å². The highest BCUT2D eigenvalue weighted by molar-refractivity contribution is 5.29. The van der Waals surface area contributed by atoms with Crippen molar-refractivity contribution in [1.82, 2.24) is 4.98 Å². The minimum absolute atomic E-state index is 0.229. The van der Waals surface area contributed by atoms with Crippen LogP contribution in [0, 0.1) is 0 Å². The number of aliphatic hydroxyl groups is 1. The maximum atomic E-state index is 10.2. The lowest BCUT2D eigenvalue weighted by Gasteiger charge is -2.18. The van der Waals surface area contributed by atoms with E-state index in [0.717, 1.165) is 44.6 Å². The number of nitrogens with zero attached hydrogens (tertiary/aromatic N) is 1. The van der Waals surface area contributed by atoms with Gasteiger partial charge in [-0.05, 0) is 44.2 Å². The fourth-order valence-electron chi connectivity index (χ4n) is 2.56. The number of pyridine rings is 1. The van der Waals surface area contributed by atoms with Crippen molar-refractivity contribution in [2.45, 2.75) is 44.6 Å². The highest BCUT2D eigenvalue weighted by Gasteiger charge is 2.29. The first-order chi connectivity index (χ1) is 8.33. The summed E-state index contributed by atoms with van der Waals surface area (Å²) in [6, 6.07) is 4.10. The van der Waals surface area contributed by atoms with Gasteiger partial charge in [-0.15, -0.1) is 0 Å². The summed E-state index contributed by atoms with van der Waals surface area (Å²) in [5.41, 5.74) is 2.41. The molecule has 3 heteroatoms. The lowest BCUT2D eigenvalue weighted by Crippen LogP contribution is -2.18. The number of aliphatic hydroxyl groups excluding tert-OH is 1. The third-order valence-corrected chi connectivity index (χ3v) is 3.46. The summed E-state index contributed by atoms with van der Waals surface area (Å²) >= 11 is 0. The summed E-state index contributed by atoms with van der Waals surface area (Å²) in [6.07, 6.45) is 5.36. The van der Waals surface area contributed by atoms with Crippen LogP contribution in [-0.2, 0) is 11.2 Å². The molecule has 1 aromatic rings. The molecule has 1 N–H and O–H groups in total. The largest absolute Gasteiger partial charge is 0.392 e. The van der Waals surface area contributed by atoms with Gasteiger partial charge in [-0.2, -0.15) is 0 Å². The normalized spacial score (nSPS) is 20.2. The van der Waals surface area contributed by atoms with Gasteiger partial charge in [-0.1, -0.05) is 6.07 Å². The lowest BCUT2D eigenvalue weighted by atomic mass is 9.96. The fourth-order valence-corrected chi connectivity index (χ4v) is 2.56. The molecule has 2 atom stereocenters. The SMILES string of the molecule is CCOCCCC(O)C1CCc2cccnc21. The van der Waals surface area contributed by atoms with E-state index >= 15 is 0 Å². The molecule has 0 fully saturated rings. The number of ether oxygens (including phenoxy) is 1. The maximum absolute atomic E-state index is 10.2. The van der Waals surface area contributed by atoms with Gasteiger partial charge in [0.05, 0.1) is 6.10 Å². The van der Waals surface area contributed by atoms with Crippen LogP contribution in [0.4, 0.5) is 0 Å². The molecule has 3 nitrogen and oxygen atoms in total. The maximum Gasteiger partial charge on any atom is 0.0624 e. The molecule has 1 aliphatic carbocycles. The van der Waals surface area contributed by atoms with E-state index in [1.165, 1.54) is 5.56 Å². The number of aryl methyl sites for hydroxylation is 1. The summed E-state index contributed by atoms with van der Waals surface area (Å²) in [5.74, 6) is 0.229. The Morgan fingerprint density at radius 1 is 1.59 bits per heavy atom. The minimum atomic E-state index is -0.272. The van der Waals surface area contributed by atoms with Crippen molar-refractivity contribution in [3.05, 3.63) is 29.6 Å². The molecule has 0 saturated carbocycles. The van der Waals surface area contributed by atoms with E-state index in [0.29, 0.717) is 0 Å². The third kappa shape index (κ3) is 3.05. The van der Waals surface area contributed by atoms with Crippen LogP contribution < -0.4 is 0 Å². The predicted octanol–water partition coefficient (Wildman–Crippen LogP) is 2.29. The van der Waals surface area contributed by atoms with E-state index in [4.69, 9.17) is 4.74 Å². The van der Waals surface area contributed by atoms with Crippen molar-refractivity contribution in [3.63, 3.8) is 0 Å². The van der Waals surface area contributed by atoms with Gasteiger partial charge in [0, 0.05) is 31.0 Å². The molecule has 0 saturated heterocycles. The lowest BCUT2D eigenvalue weighted by molar-refractivity contribution is 0.0991. The van der Waals surface area contributed by atoms with Crippen LogP contribution in [0.5, 0.6) is 0 Å². The first-order valence-electron chi connectivity index (χ1n) is 6.52. The highest BCUT2D eigenvalue weighted by atomic mass is 16.5. The van der Waals surface area contributed by atoms with Gasteiger partial charge in [0.2, 0.25) is 0 Å². The van der Waals surface area contributed by atoms with Gasteiger partial charge in [0.15, 0.2) is 0 Å². The Hall–Kier alpha value is -0.930. The first kappa shape index (κ1) is 12.5. The van der Waals surface area contributed by atoms with Crippen molar-refractivity contribution < 1.29 is 9.84 Å². The summed E-state index contributed by atoms with van der Waals surface area (Å²) in [4.78, 5) is 4.41. The molecule has 0 radical (unpaired) electrons. The summed E-state index contributed by atoms with van der Waals surface area (Å²) in [6.45, 7) is 3.49. The molecule has 0 aliphatic heterocycles. The van der Waals surface area contributed by atoms with Gasteiger partial charge >= 0.3 is 0 Å². The van der Waals surface area contributed by atoms with Gasteiger partial charge in [0.1, 0.15) is 0 Å². The Morgan fingerprint density at radius 3 is 3.29 bits per heavy atom. The van der Waals surface area contributed by atoms with E-state index in [1.54, 1.807) is 0 Å². The Kier molecular flexibility index (Phi) is 4.51. The van der Waals surface area contributed by atoms with Crippen molar-refractivity contribution in [1.29, 1.82) is 0 Å². The highest BCUT2D eigenvalue weighted by Crippen LogP contribution is 2.34. The molecule has 0 aromatic carbocycles. The minimum Gasteiger partial charge on any atom is -0.392 e.